The smallest absolute Gasteiger partial charge is 0.341 e. The van der Waals surface area contributed by atoms with Gasteiger partial charge in [-0.05, 0) is 26.0 Å². The molecule has 3 rings (SSSR count). The summed E-state index contributed by atoms with van der Waals surface area (Å²) in [5.74, 6) is -0.720. The Morgan fingerprint density at radius 3 is 2.48 bits per heavy atom. The van der Waals surface area contributed by atoms with Crippen LogP contribution in [0, 0.1) is 13.8 Å². The van der Waals surface area contributed by atoms with Crippen LogP contribution >= 0.6 is 0 Å². The maximum Gasteiger partial charge on any atom is 0.341 e. The van der Waals surface area contributed by atoms with E-state index in [1.54, 1.807) is 16.8 Å². The van der Waals surface area contributed by atoms with Crippen LogP contribution in [-0.4, -0.2) is 33.4 Å². The molecule has 0 saturated carbocycles. The Morgan fingerprint density at radius 2 is 1.85 bits per heavy atom. The maximum absolute atomic E-state index is 12.6. The molecule has 0 aliphatic heterocycles. The molecule has 0 radical (unpaired) electrons. The van der Waals surface area contributed by atoms with Crippen molar-refractivity contribution in [2.24, 2.45) is 7.05 Å². The van der Waals surface area contributed by atoms with Gasteiger partial charge in [0.2, 0.25) is 5.91 Å². The Morgan fingerprint density at radius 1 is 1.15 bits per heavy atom. The van der Waals surface area contributed by atoms with E-state index in [9.17, 15) is 9.59 Å². The summed E-state index contributed by atoms with van der Waals surface area (Å²) >= 11 is 0. The van der Waals surface area contributed by atoms with E-state index in [1.807, 2.05) is 45.2 Å². The molecule has 0 fully saturated rings. The van der Waals surface area contributed by atoms with E-state index >= 15 is 0 Å². The molecule has 2 N–H and O–H groups in total. The normalized spacial score (nSPS) is 10.8. The fourth-order valence-electron chi connectivity index (χ4n) is 3.07. The van der Waals surface area contributed by atoms with Crippen LogP contribution in [0.1, 0.15) is 17.0 Å². The lowest BCUT2D eigenvalue weighted by Crippen LogP contribution is -2.16. The van der Waals surface area contributed by atoms with Gasteiger partial charge in [0.15, 0.2) is 6.61 Å². The van der Waals surface area contributed by atoms with Crippen molar-refractivity contribution in [3.05, 3.63) is 53.3 Å². The first-order chi connectivity index (χ1) is 12.9. The number of aliphatic carboxylic acids is 1. The van der Waals surface area contributed by atoms with Crippen LogP contribution in [0.4, 0.5) is 5.69 Å². The first-order valence-electron chi connectivity index (χ1n) is 8.52. The van der Waals surface area contributed by atoms with E-state index in [4.69, 9.17) is 9.84 Å². The SMILES string of the molecule is Cc1nn(C)c(C)c1CC(=O)Nc1ccc(OCC(=O)O)c2ccccc12. The summed E-state index contributed by atoms with van der Waals surface area (Å²) in [5.41, 5.74) is 3.37. The quantitative estimate of drug-likeness (QED) is 0.699. The molecule has 1 heterocycles. The molecule has 7 nitrogen and oxygen atoms in total. The number of hydrogen-bond acceptors (Lipinski definition) is 4. The van der Waals surface area contributed by atoms with Crippen LogP contribution in [-0.2, 0) is 23.1 Å². The predicted octanol–water partition coefficient (Wildman–Crippen LogP) is 2.83. The fraction of sp³-hybridized carbons (Fsp3) is 0.250. The minimum Gasteiger partial charge on any atom is -0.481 e. The molecule has 0 bridgehead atoms. The summed E-state index contributed by atoms with van der Waals surface area (Å²) < 4.78 is 7.11. The Kier molecular flexibility index (Phi) is 5.12. The highest BCUT2D eigenvalue weighted by Crippen LogP contribution is 2.31. The van der Waals surface area contributed by atoms with Crippen molar-refractivity contribution in [2.45, 2.75) is 20.3 Å². The fourth-order valence-corrected chi connectivity index (χ4v) is 3.07. The molecule has 2 aromatic carbocycles. The summed E-state index contributed by atoms with van der Waals surface area (Å²) in [7, 11) is 1.85. The average Bonchev–Trinajstić information content (AvgIpc) is 2.87. The third-order valence-corrected chi connectivity index (χ3v) is 4.51. The number of nitrogens with one attached hydrogen (secondary N) is 1. The van der Waals surface area contributed by atoms with Gasteiger partial charge in [0, 0.05) is 34.8 Å². The molecule has 3 aromatic rings. The summed E-state index contributed by atoms with van der Waals surface area (Å²) in [6, 6.07) is 10.8. The van der Waals surface area contributed by atoms with Crippen LogP contribution in [0.15, 0.2) is 36.4 Å². The van der Waals surface area contributed by atoms with Gasteiger partial charge in [-0.2, -0.15) is 5.10 Å². The highest BCUT2D eigenvalue weighted by molar-refractivity contribution is 6.04. The van der Waals surface area contributed by atoms with Crippen molar-refractivity contribution in [2.75, 3.05) is 11.9 Å². The molecule has 0 aliphatic carbocycles. The van der Waals surface area contributed by atoms with Gasteiger partial charge >= 0.3 is 5.97 Å². The number of ether oxygens (including phenoxy) is 1. The Hall–Kier alpha value is -3.35. The second kappa shape index (κ2) is 7.49. The number of carboxylic acid groups (broad SMARTS) is 1. The van der Waals surface area contributed by atoms with Crippen molar-refractivity contribution in [1.29, 1.82) is 0 Å². The molecular formula is C20H21N3O4. The predicted molar refractivity (Wildman–Crippen MR) is 102 cm³/mol. The molecule has 0 saturated heterocycles. The van der Waals surface area contributed by atoms with E-state index in [0.29, 0.717) is 11.4 Å². The lowest BCUT2D eigenvalue weighted by atomic mass is 10.1. The average molecular weight is 367 g/mol. The minimum atomic E-state index is -1.04. The monoisotopic (exact) mass is 367 g/mol. The summed E-state index contributed by atoms with van der Waals surface area (Å²) in [6.07, 6.45) is 0.233. The van der Waals surface area contributed by atoms with Crippen molar-refractivity contribution >= 4 is 28.3 Å². The zero-order valence-electron chi connectivity index (χ0n) is 15.4. The Labute approximate surface area is 156 Å². The number of hydrogen-bond donors (Lipinski definition) is 2. The van der Waals surface area contributed by atoms with E-state index in [1.165, 1.54) is 0 Å². The number of nitrogens with zero attached hydrogens (tertiary/aromatic N) is 2. The Bertz CT molecular complexity index is 1020. The standard InChI is InChI=1S/C20H21N3O4/c1-12-16(13(2)23(3)22-12)10-19(24)21-17-8-9-18(27-11-20(25)26)15-7-5-4-6-14(15)17/h4-9H,10-11H2,1-3H3,(H,21,24)(H,25,26). The van der Waals surface area contributed by atoms with Crippen LogP contribution in [0.5, 0.6) is 5.75 Å². The van der Waals surface area contributed by atoms with Gasteiger partial charge in [-0.1, -0.05) is 24.3 Å². The Balaban J connectivity index is 1.85. The number of fused-ring (bicyclic) bond motifs is 1. The summed E-state index contributed by atoms with van der Waals surface area (Å²) in [6.45, 7) is 3.40. The number of carbonyl (C=O) groups is 2. The number of carboxylic acids is 1. The topological polar surface area (TPSA) is 93.5 Å². The van der Waals surface area contributed by atoms with Gasteiger partial charge in [-0.25, -0.2) is 4.79 Å². The van der Waals surface area contributed by atoms with Gasteiger partial charge in [0.05, 0.1) is 12.1 Å². The first kappa shape index (κ1) is 18.4. The largest absolute Gasteiger partial charge is 0.481 e. The minimum absolute atomic E-state index is 0.140. The zero-order valence-corrected chi connectivity index (χ0v) is 15.4. The molecule has 0 spiro atoms. The number of aryl methyl sites for hydroxylation is 2. The molecule has 1 amide bonds. The second-order valence-electron chi connectivity index (χ2n) is 6.34. The van der Waals surface area contributed by atoms with Gasteiger partial charge in [-0.3, -0.25) is 9.48 Å². The lowest BCUT2D eigenvalue weighted by Gasteiger charge is -2.13. The van der Waals surface area contributed by atoms with Gasteiger partial charge in [0.25, 0.3) is 0 Å². The first-order valence-corrected chi connectivity index (χ1v) is 8.52. The third-order valence-electron chi connectivity index (χ3n) is 4.51. The highest BCUT2D eigenvalue weighted by Gasteiger charge is 2.15. The number of benzene rings is 2. The lowest BCUT2D eigenvalue weighted by molar-refractivity contribution is -0.139. The van der Waals surface area contributed by atoms with Gasteiger partial charge in [0.1, 0.15) is 5.75 Å². The maximum atomic E-state index is 12.6. The zero-order chi connectivity index (χ0) is 19.6. The van der Waals surface area contributed by atoms with Gasteiger partial charge in [-0.15, -0.1) is 0 Å². The second-order valence-corrected chi connectivity index (χ2v) is 6.34. The number of aromatic nitrogens is 2. The van der Waals surface area contributed by atoms with Gasteiger partial charge < -0.3 is 15.2 Å². The molecule has 1 aromatic heterocycles. The van der Waals surface area contributed by atoms with Crippen LogP contribution in [0.2, 0.25) is 0 Å². The summed E-state index contributed by atoms with van der Waals surface area (Å²) in [4.78, 5) is 23.3. The molecule has 27 heavy (non-hydrogen) atoms. The van der Waals surface area contributed by atoms with Crippen LogP contribution in [0.25, 0.3) is 10.8 Å². The van der Waals surface area contributed by atoms with E-state index in [-0.39, 0.29) is 12.3 Å². The highest BCUT2D eigenvalue weighted by atomic mass is 16.5. The van der Waals surface area contributed by atoms with Crippen LogP contribution in [0.3, 0.4) is 0 Å². The molecule has 7 heteroatoms. The van der Waals surface area contributed by atoms with Crippen LogP contribution < -0.4 is 10.1 Å². The van der Waals surface area contributed by atoms with Crippen molar-refractivity contribution in [3.8, 4) is 5.75 Å². The number of carbonyl (C=O) groups excluding carboxylic acids is 1. The number of amides is 1. The van der Waals surface area contributed by atoms with E-state index < -0.39 is 12.6 Å². The number of anilines is 1. The molecule has 140 valence electrons. The van der Waals surface area contributed by atoms with Crippen molar-refractivity contribution in [3.63, 3.8) is 0 Å². The molecule has 0 unspecified atom stereocenters. The number of rotatable bonds is 6. The van der Waals surface area contributed by atoms with Crippen molar-refractivity contribution < 1.29 is 19.4 Å². The van der Waals surface area contributed by atoms with E-state index in [2.05, 4.69) is 10.4 Å². The van der Waals surface area contributed by atoms with E-state index in [0.717, 1.165) is 27.7 Å². The summed E-state index contributed by atoms with van der Waals surface area (Å²) in [5, 5.41) is 17.6. The third kappa shape index (κ3) is 3.92. The molecule has 0 aliphatic rings. The van der Waals surface area contributed by atoms with Crippen molar-refractivity contribution in [1.82, 2.24) is 9.78 Å². The molecule has 0 atom stereocenters. The molecular weight excluding hydrogens is 346 g/mol.